The monoisotopic (exact) mass is 295 g/mol. The molecule has 3 heteroatoms. The van der Waals surface area contributed by atoms with Crippen molar-refractivity contribution in [3.8, 4) is 0 Å². The molecule has 0 radical (unpaired) electrons. The van der Waals surface area contributed by atoms with Crippen molar-refractivity contribution in [1.82, 2.24) is 0 Å². The van der Waals surface area contributed by atoms with Crippen LogP contribution in [0.2, 0.25) is 0 Å². The summed E-state index contributed by atoms with van der Waals surface area (Å²) in [7, 11) is 0. The van der Waals surface area contributed by atoms with E-state index in [1.165, 1.54) is 11.1 Å². The number of anilines is 2. The fourth-order valence-electron chi connectivity index (χ4n) is 3.68. The van der Waals surface area contributed by atoms with Gasteiger partial charge in [-0.25, -0.2) is 0 Å². The summed E-state index contributed by atoms with van der Waals surface area (Å²) in [5.74, 6) is 0.919. The quantitative estimate of drug-likeness (QED) is 0.758. The summed E-state index contributed by atoms with van der Waals surface area (Å²) < 4.78 is 0. The Balaban J connectivity index is 1.98. The van der Waals surface area contributed by atoms with Gasteiger partial charge in [0, 0.05) is 23.3 Å². The number of nitrogens with two attached hydrogens (primary N) is 3. The molecule has 0 aliphatic heterocycles. The molecule has 0 spiro atoms. The number of hydrogen-bond acceptors (Lipinski definition) is 3. The molecule has 1 unspecified atom stereocenters. The molecule has 1 saturated carbocycles. The second kappa shape index (κ2) is 6.41. The van der Waals surface area contributed by atoms with Gasteiger partial charge >= 0.3 is 0 Å². The van der Waals surface area contributed by atoms with Crippen molar-refractivity contribution in [2.24, 2.45) is 11.7 Å². The number of rotatable bonds is 3. The first-order valence-electron chi connectivity index (χ1n) is 8.10. The highest BCUT2D eigenvalue weighted by atomic mass is 14.6. The molecule has 3 nitrogen and oxygen atoms in total. The van der Waals surface area contributed by atoms with Gasteiger partial charge in [0.1, 0.15) is 0 Å². The van der Waals surface area contributed by atoms with E-state index in [4.69, 9.17) is 17.2 Å². The molecular weight excluding hydrogens is 270 g/mol. The number of benzene rings is 2. The summed E-state index contributed by atoms with van der Waals surface area (Å²) >= 11 is 0. The third-order valence-corrected chi connectivity index (χ3v) is 4.91. The Labute approximate surface area is 132 Å². The van der Waals surface area contributed by atoms with Gasteiger partial charge in [0.25, 0.3) is 0 Å². The second-order valence-corrected chi connectivity index (χ2v) is 6.45. The highest BCUT2D eigenvalue weighted by molar-refractivity contribution is 5.53. The molecule has 1 aliphatic carbocycles. The average Bonchev–Trinajstić information content (AvgIpc) is 2.53. The van der Waals surface area contributed by atoms with E-state index < -0.39 is 0 Å². The molecule has 0 heterocycles. The van der Waals surface area contributed by atoms with E-state index in [1.807, 2.05) is 24.3 Å². The van der Waals surface area contributed by atoms with Gasteiger partial charge in [0.15, 0.2) is 0 Å². The van der Waals surface area contributed by atoms with Gasteiger partial charge in [0.2, 0.25) is 0 Å². The third kappa shape index (κ3) is 3.09. The van der Waals surface area contributed by atoms with Crippen LogP contribution < -0.4 is 17.2 Å². The number of nitrogen functional groups attached to an aromatic ring is 2. The minimum atomic E-state index is 0.328. The number of para-hydroxylation sites is 1. The first-order chi connectivity index (χ1) is 10.6. The zero-order chi connectivity index (χ0) is 15.5. The molecule has 3 rings (SSSR count). The molecule has 22 heavy (non-hydrogen) atoms. The van der Waals surface area contributed by atoms with Gasteiger partial charge < -0.3 is 17.2 Å². The van der Waals surface area contributed by atoms with E-state index in [0.29, 0.717) is 17.9 Å². The summed E-state index contributed by atoms with van der Waals surface area (Å²) in [5, 5.41) is 0. The van der Waals surface area contributed by atoms with Crippen molar-refractivity contribution in [1.29, 1.82) is 0 Å². The Hall–Kier alpha value is -2.00. The van der Waals surface area contributed by atoms with Crippen molar-refractivity contribution < 1.29 is 0 Å². The zero-order valence-electron chi connectivity index (χ0n) is 12.9. The lowest BCUT2D eigenvalue weighted by Gasteiger charge is -2.34. The summed E-state index contributed by atoms with van der Waals surface area (Å²) in [6, 6.07) is 16.8. The second-order valence-electron chi connectivity index (χ2n) is 6.45. The van der Waals surface area contributed by atoms with Crippen molar-refractivity contribution in [3.63, 3.8) is 0 Å². The lowest BCUT2D eigenvalue weighted by atomic mass is 9.72. The maximum absolute atomic E-state index is 6.27. The predicted molar refractivity (Wildman–Crippen MR) is 93.5 cm³/mol. The fourth-order valence-corrected chi connectivity index (χ4v) is 3.68. The van der Waals surface area contributed by atoms with E-state index in [0.717, 1.165) is 37.1 Å². The van der Waals surface area contributed by atoms with Crippen molar-refractivity contribution in [2.75, 3.05) is 11.5 Å². The molecule has 0 amide bonds. The third-order valence-electron chi connectivity index (χ3n) is 4.91. The molecule has 0 saturated heterocycles. The molecule has 1 aliphatic rings. The van der Waals surface area contributed by atoms with Crippen LogP contribution in [0.5, 0.6) is 0 Å². The largest absolute Gasteiger partial charge is 0.399 e. The molecule has 116 valence electrons. The highest BCUT2D eigenvalue weighted by Crippen LogP contribution is 2.42. The van der Waals surface area contributed by atoms with E-state index in [1.54, 1.807) is 0 Å². The Morgan fingerprint density at radius 3 is 2.09 bits per heavy atom. The first kappa shape index (κ1) is 14.9. The van der Waals surface area contributed by atoms with Crippen LogP contribution in [0.15, 0.2) is 48.5 Å². The molecule has 1 atom stereocenters. The van der Waals surface area contributed by atoms with E-state index in [-0.39, 0.29) is 0 Å². The summed E-state index contributed by atoms with van der Waals surface area (Å²) in [5.41, 5.74) is 22.4. The highest BCUT2D eigenvalue weighted by Gasteiger charge is 2.29. The Morgan fingerprint density at radius 2 is 1.45 bits per heavy atom. The maximum atomic E-state index is 6.27. The molecule has 2 aromatic carbocycles. The van der Waals surface area contributed by atoms with Crippen LogP contribution in [-0.4, -0.2) is 6.04 Å². The maximum Gasteiger partial charge on any atom is 0.0352 e. The molecular formula is C19H25N3. The first-order valence-corrected chi connectivity index (χ1v) is 8.10. The molecule has 0 bridgehead atoms. The molecule has 2 aromatic rings. The van der Waals surface area contributed by atoms with E-state index in [9.17, 15) is 0 Å². The normalized spacial score (nSPS) is 23.1. The van der Waals surface area contributed by atoms with Gasteiger partial charge in [-0.1, -0.05) is 30.3 Å². The number of hydrogen-bond donors (Lipinski definition) is 3. The van der Waals surface area contributed by atoms with Gasteiger partial charge in [0.05, 0.1) is 0 Å². The van der Waals surface area contributed by atoms with Crippen LogP contribution in [-0.2, 0) is 0 Å². The Bertz CT molecular complexity index is 613. The zero-order valence-corrected chi connectivity index (χ0v) is 12.9. The van der Waals surface area contributed by atoms with Gasteiger partial charge in [-0.15, -0.1) is 0 Å². The molecule has 6 N–H and O–H groups in total. The van der Waals surface area contributed by atoms with E-state index in [2.05, 4.69) is 24.3 Å². The Morgan fingerprint density at radius 1 is 0.818 bits per heavy atom. The topological polar surface area (TPSA) is 78.1 Å². The molecule has 0 aromatic heterocycles. The van der Waals surface area contributed by atoms with Crippen LogP contribution in [0, 0.1) is 5.92 Å². The predicted octanol–water partition coefficient (Wildman–Crippen LogP) is 3.50. The van der Waals surface area contributed by atoms with Crippen LogP contribution in [0.25, 0.3) is 0 Å². The Kier molecular flexibility index (Phi) is 4.34. The smallest absolute Gasteiger partial charge is 0.0352 e. The van der Waals surface area contributed by atoms with Gasteiger partial charge in [-0.2, -0.15) is 0 Å². The van der Waals surface area contributed by atoms with Crippen molar-refractivity contribution in [2.45, 2.75) is 37.6 Å². The van der Waals surface area contributed by atoms with Crippen LogP contribution in [0.4, 0.5) is 11.4 Å². The SMILES string of the molecule is Nc1ccc(C(c2ccccc2N)C2CCC(N)CC2)cc1. The summed E-state index contributed by atoms with van der Waals surface area (Å²) in [6.45, 7) is 0. The standard InChI is InChI=1S/C19H25N3/c20-15-9-5-13(6-10-15)19(14-7-11-16(21)12-8-14)17-3-1-2-4-18(17)22/h1-6,9-10,14,16,19H,7-8,11-12,20-22H2. The van der Waals surface area contributed by atoms with Crippen LogP contribution >= 0.6 is 0 Å². The van der Waals surface area contributed by atoms with Crippen molar-refractivity contribution >= 4 is 11.4 Å². The lowest BCUT2D eigenvalue weighted by molar-refractivity contribution is 0.301. The van der Waals surface area contributed by atoms with Gasteiger partial charge in [-0.05, 0) is 60.9 Å². The van der Waals surface area contributed by atoms with Crippen molar-refractivity contribution in [3.05, 3.63) is 59.7 Å². The minimum absolute atomic E-state index is 0.328. The fraction of sp³-hybridized carbons (Fsp3) is 0.368. The summed E-state index contributed by atoms with van der Waals surface area (Å²) in [4.78, 5) is 0. The van der Waals surface area contributed by atoms with Gasteiger partial charge in [-0.3, -0.25) is 0 Å². The lowest BCUT2D eigenvalue weighted by Crippen LogP contribution is -2.29. The van der Waals surface area contributed by atoms with Crippen LogP contribution in [0.3, 0.4) is 0 Å². The van der Waals surface area contributed by atoms with E-state index >= 15 is 0 Å². The summed E-state index contributed by atoms with van der Waals surface area (Å²) in [6.07, 6.45) is 4.51. The van der Waals surface area contributed by atoms with Crippen LogP contribution in [0.1, 0.15) is 42.7 Å². The minimum Gasteiger partial charge on any atom is -0.399 e. The average molecular weight is 295 g/mol. The molecule has 1 fully saturated rings.